The summed E-state index contributed by atoms with van der Waals surface area (Å²) >= 11 is 3.25. The molecular formula is C20H30N4O4S2. The van der Waals surface area contributed by atoms with Crippen LogP contribution in [0.15, 0.2) is 18.2 Å². The van der Waals surface area contributed by atoms with Crippen LogP contribution in [0.2, 0.25) is 0 Å². The van der Waals surface area contributed by atoms with Crippen LogP contribution in [0.25, 0.3) is 0 Å². The Hall–Kier alpha value is -2.20. The van der Waals surface area contributed by atoms with Gasteiger partial charge in [0.05, 0.1) is 0 Å². The topological polar surface area (TPSA) is 116 Å². The van der Waals surface area contributed by atoms with Crippen LogP contribution in [-0.2, 0) is 11.3 Å². The molecule has 0 radical (unpaired) electrons. The highest BCUT2D eigenvalue weighted by molar-refractivity contribution is 7.98. The lowest BCUT2D eigenvalue weighted by Crippen LogP contribution is -2.36. The number of hydrogen-bond acceptors (Lipinski definition) is 6. The third-order valence-corrected chi connectivity index (χ3v) is 5.14. The predicted molar refractivity (Wildman–Crippen MR) is 123 cm³/mol. The summed E-state index contributed by atoms with van der Waals surface area (Å²) in [5.74, 6) is 1.03. The van der Waals surface area contributed by atoms with E-state index in [2.05, 4.69) is 21.3 Å². The standard InChI is InChI=1S/C20H30N4O4S2/c1-14(25)4-5-23-20(28)24-13-15-10-16(18(26)21-6-8-29-2)12-17(11-15)19(27)22-7-9-30-3/h10-12H,4-9,13H2,1-3H3,(H,21,26)(H,22,27)(H2,23,24,28). The maximum absolute atomic E-state index is 12.5. The lowest BCUT2D eigenvalue weighted by Gasteiger charge is -2.12. The van der Waals surface area contributed by atoms with Crippen LogP contribution in [0.5, 0.6) is 0 Å². The Balaban J connectivity index is 2.86. The van der Waals surface area contributed by atoms with Crippen LogP contribution < -0.4 is 21.3 Å². The molecule has 8 nitrogen and oxygen atoms in total. The molecule has 10 heteroatoms. The van der Waals surface area contributed by atoms with E-state index >= 15 is 0 Å². The average molecular weight is 455 g/mol. The Morgan fingerprint density at radius 3 is 1.77 bits per heavy atom. The van der Waals surface area contributed by atoms with E-state index < -0.39 is 6.03 Å². The lowest BCUT2D eigenvalue weighted by atomic mass is 10.0. The highest BCUT2D eigenvalue weighted by Gasteiger charge is 2.13. The van der Waals surface area contributed by atoms with E-state index in [4.69, 9.17) is 0 Å². The SMILES string of the molecule is CSCCNC(=O)c1cc(CNC(=O)NCCC(C)=O)cc(C(=O)NCCSC)c1. The van der Waals surface area contributed by atoms with Gasteiger partial charge in [-0.25, -0.2) is 4.79 Å². The Kier molecular flexibility index (Phi) is 12.7. The summed E-state index contributed by atoms with van der Waals surface area (Å²) in [7, 11) is 0. The molecule has 1 aromatic carbocycles. The van der Waals surface area contributed by atoms with Gasteiger partial charge in [-0.15, -0.1) is 0 Å². The van der Waals surface area contributed by atoms with E-state index in [1.54, 1.807) is 41.7 Å². The van der Waals surface area contributed by atoms with Crippen molar-refractivity contribution in [1.82, 2.24) is 21.3 Å². The van der Waals surface area contributed by atoms with Crippen LogP contribution in [0.1, 0.15) is 39.6 Å². The molecule has 30 heavy (non-hydrogen) atoms. The molecule has 0 spiro atoms. The summed E-state index contributed by atoms with van der Waals surface area (Å²) in [6.07, 6.45) is 4.17. The minimum Gasteiger partial charge on any atom is -0.351 e. The summed E-state index contributed by atoms with van der Waals surface area (Å²) in [4.78, 5) is 47.8. The van der Waals surface area contributed by atoms with Gasteiger partial charge in [-0.1, -0.05) is 0 Å². The molecule has 4 N–H and O–H groups in total. The van der Waals surface area contributed by atoms with Crippen LogP contribution in [0.3, 0.4) is 0 Å². The molecule has 0 aliphatic carbocycles. The number of nitrogens with one attached hydrogen (secondary N) is 4. The van der Waals surface area contributed by atoms with Crippen LogP contribution in [0, 0.1) is 0 Å². The highest BCUT2D eigenvalue weighted by atomic mass is 32.2. The second-order valence-corrected chi connectivity index (χ2v) is 8.45. The van der Waals surface area contributed by atoms with E-state index in [0.717, 1.165) is 11.5 Å². The summed E-state index contributed by atoms with van der Waals surface area (Å²) in [6.45, 7) is 2.90. The molecular weight excluding hydrogens is 424 g/mol. The molecule has 1 aromatic rings. The molecule has 0 fully saturated rings. The molecule has 0 heterocycles. The fourth-order valence-corrected chi connectivity index (χ4v) is 3.00. The van der Waals surface area contributed by atoms with Gasteiger partial charge in [-0.05, 0) is 43.2 Å². The third kappa shape index (κ3) is 10.5. The summed E-state index contributed by atoms with van der Waals surface area (Å²) in [6, 6.07) is 4.45. The number of ketones is 1. The first-order chi connectivity index (χ1) is 14.4. The maximum atomic E-state index is 12.5. The minimum atomic E-state index is -0.419. The minimum absolute atomic E-state index is 0.00684. The zero-order valence-corrected chi connectivity index (χ0v) is 19.3. The van der Waals surface area contributed by atoms with Crippen LogP contribution in [-0.4, -0.2) is 67.3 Å². The zero-order chi connectivity index (χ0) is 22.4. The number of benzene rings is 1. The van der Waals surface area contributed by atoms with E-state index in [9.17, 15) is 19.2 Å². The van der Waals surface area contributed by atoms with Crippen molar-refractivity contribution < 1.29 is 19.2 Å². The molecule has 0 saturated heterocycles. The second-order valence-electron chi connectivity index (χ2n) is 6.48. The molecule has 4 amide bonds. The first-order valence-corrected chi connectivity index (χ1v) is 12.4. The molecule has 0 bridgehead atoms. The van der Waals surface area contributed by atoms with Crippen LogP contribution in [0.4, 0.5) is 4.79 Å². The van der Waals surface area contributed by atoms with Gasteiger partial charge in [0.1, 0.15) is 5.78 Å². The number of amides is 4. The number of carbonyl (C=O) groups excluding carboxylic acids is 4. The molecule has 0 aliphatic heterocycles. The smallest absolute Gasteiger partial charge is 0.315 e. The number of thioether (sulfide) groups is 2. The largest absolute Gasteiger partial charge is 0.351 e. The van der Waals surface area contributed by atoms with Crippen molar-refractivity contribution in [2.75, 3.05) is 43.7 Å². The number of carbonyl (C=O) groups is 4. The van der Waals surface area contributed by atoms with Gasteiger partial charge in [-0.3, -0.25) is 14.4 Å². The number of rotatable bonds is 13. The van der Waals surface area contributed by atoms with Crippen LogP contribution >= 0.6 is 23.5 Å². The molecule has 0 aromatic heterocycles. The molecule has 0 saturated carbocycles. The van der Waals surface area contributed by atoms with Gasteiger partial charge in [0.25, 0.3) is 11.8 Å². The van der Waals surface area contributed by atoms with E-state index in [1.165, 1.54) is 6.92 Å². The quantitative estimate of drug-likeness (QED) is 0.337. The number of urea groups is 1. The van der Waals surface area contributed by atoms with Crippen molar-refractivity contribution in [1.29, 1.82) is 0 Å². The van der Waals surface area contributed by atoms with Gasteiger partial charge in [0.15, 0.2) is 0 Å². The molecule has 166 valence electrons. The second kappa shape index (κ2) is 14.7. The van der Waals surface area contributed by atoms with Crippen molar-refractivity contribution in [2.24, 2.45) is 0 Å². The highest BCUT2D eigenvalue weighted by Crippen LogP contribution is 2.12. The Morgan fingerprint density at radius 2 is 1.30 bits per heavy atom. The monoisotopic (exact) mass is 454 g/mol. The van der Waals surface area contributed by atoms with Gasteiger partial charge < -0.3 is 21.3 Å². The van der Waals surface area contributed by atoms with E-state index in [0.29, 0.717) is 29.8 Å². The average Bonchev–Trinajstić information content (AvgIpc) is 2.72. The molecule has 1 rings (SSSR count). The zero-order valence-electron chi connectivity index (χ0n) is 17.6. The van der Waals surface area contributed by atoms with Crippen molar-refractivity contribution in [3.05, 3.63) is 34.9 Å². The molecule has 0 atom stereocenters. The fraction of sp³-hybridized carbons (Fsp3) is 0.500. The van der Waals surface area contributed by atoms with Gasteiger partial charge in [0, 0.05) is 55.2 Å². The Morgan fingerprint density at radius 1 is 0.767 bits per heavy atom. The fourth-order valence-electron chi connectivity index (χ4n) is 2.39. The first kappa shape index (κ1) is 25.8. The summed E-state index contributed by atoms with van der Waals surface area (Å²) < 4.78 is 0. The first-order valence-electron chi connectivity index (χ1n) is 9.56. The molecule has 0 unspecified atom stereocenters. The summed E-state index contributed by atoms with van der Waals surface area (Å²) in [5.41, 5.74) is 1.36. The van der Waals surface area contributed by atoms with Gasteiger partial charge in [0.2, 0.25) is 0 Å². The third-order valence-electron chi connectivity index (χ3n) is 3.92. The Bertz CT molecular complexity index is 703. The van der Waals surface area contributed by atoms with Crippen molar-refractivity contribution in [3.8, 4) is 0 Å². The lowest BCUT2D eigenvalue weighted by molar-refractivity contribution is -0.116. The van der Waals surface area contributed by atoms with Crippen molar-refractivity contribution >= 4 is 47.2 Å². The van der Waals surface area contributed by atoms with Gasteiger partial charge in [-0.2, -0.15) is 23.5 Å². The maximum Gasteiger partial charge on any atom is 0.315 e. The van der Waals surface area contributed by atoms with E-state index in [-0.39, 0.29) is 37.1 Å². The van der Waals surface area contributed by atoms with Gasteiger partial charge >= 0.3 is 6.03 Å². The molecule has 0 aliphatic rings. The number of hydrogen-bond donors (Lipinski definition) is 4. The van der Waals surface area contributed by atoms with E-state index in [1.807, 2.05) is 12.5 Å². The summed E-state index contributed by atoms with van der Waals surface area (Å²) in [5, 5.41) is 10.9. The number of Topliss-reactive ketones (excluding diaryl/α,β-unsaturated/α-hetero) is 1. The normalized spacial score (nSPS) is 10.2. The van der Waals surface area contributed by atoms with Crippen molar-refractivity contribution in [3.63, 3.8) is 0 Å². The predicted octanol–water partition coefficient (Wildman–Crippen LogP) is 1.65. The van der Waals surface area contributed by atoms with Crippen molar-refractivity contribution in [2.45, 2.75) is 19.9 Å². The Labute approximate surface area is 186 Å².